The number of hydrazone groups is 1. The van der Waals surface area contributed by atoms with Crippen molar-refractivity contribution in [1.29, 1.82) is 0 Å². The molecule has 9 heteroatoms. The van der Waals surface area contributed by atoms with Crippen LogP contribution in [0, 0.1) is 6.92 Å². The van der Waals surface area contributed by atoms with Crippen LogP contribution >= 0.6 is 0 Å². The molecule has 0 atom stereocenters. The van der Waals surface area contributed by atoms with E-state index >= 15 is 0 Å². The van der Waals surface area contributed by atoms with Gasteiger partial charge in [-0.15, -0.1) is 0 Å². The zero-order chi connectivity index (χ0) is 20.9. The minimum Gasteiger partial charge on any atom is -0.294 e. The van der Waals surface area contributed by atoms with Crippen LogP contribution in [0.5, 0.6) is 0 Å². The summed E-state index contributed by atoms with van der Waals surface area (Å²) < 4.78 is 63.4. The van der Waals surface area contributed by atoms with Crippen molar-refractivity contribution in [2.75, 3.05) is 11.3 Å². The van der Waals surface area contributed by atoms with E-state index in [0.717, 1.165) is 31.2 Å². The molecule has 1 aliphatic rings. The molecule has 2 rings (SSSR count). The molecule has 1 N–H and O–H groups in total. The molecule has 0 saturated heterocycles. The van der Waals surface area contributed by atoms with E-state index < -0.39 is 15.5 Å². The fourth-order valence-corrected chi connectivity index (χ4v) is 4.03. The van der Waals surface area contributed by atoms with Crippen LogP contribution < -0.4 is 4.72 Å². The molecule has 1 aliphatic carbocycles. The Kier molecular flexibility index (Phi) is 7.36. The Bertz CT molecular complexity index is 801. The Hall–Kier alpha value is -1.77. The third kappa shape index (κ3) is 5.40. The molecule has 0 aromatic heterocycles. The Morgan fingerprint density at radius 3 is 2.39 bits per heavy atom. The minimum absolute atomic E-state index is 0.108. The van der Waals surface area contributed by atoms with Gasteiger partial charge >= 0.3 is 15.5 Å². The van der Waals surface area contributed by atoms with E-state index in [1.807, 2.05) is 18.9 Å². The quantitative estimate of drug-likeness (QED) is 0.498. The second kappa shape index (κ2) is 9.15. The molecule has 0 unspecified atom stereocenters. The van der Waals surface area contributed by atoms with Crippen molar-refractivity contribution < 1.29 is 21.6 Å². The lowest BCUT2D eigenvalue weighted by Gasteiger charge is -2.32. The van der Waals surface area contributed by atoms with Gasteiger partial charge in [-0.2, -0.15) is 26.7 Å². The van der Waals surface area contributed by atoms with Crippen LogP contribution in [0.3, 0.4) is 0 Å². The lowest BCUT2D eigenvalue weighted by molar-refractivity contribution is -0.0429. The van der Waals surface area contributed by atoms with Gasteiger partial charge in [0.15, 0.2) is 0 Å². The molecular formula is C19H28F3N3O2S. The molecule has 0 bridgehead atoms. The third-order valence-corrected chi connectivity index (χ3v) is 6.04. The third-order valence-electron chi connectivity index (χ3n) is 4.94. The van der Waals surface area contributed by atoms with Crippen LogP contribution in [-0.2, 0) is 10.0 Å². The van der Waals surface area contributed by atoms with Gasteiger partial charge in [0.2, 0.25) is 0 Å². The standard InChI is InChI=1S/C19H28F3N3O2S/c1-4-17(23-25(5-2)15-9-7-6-8-10-15)16-13-14(3)11-12-18(16)24-28(26,27)19(20,21)22/h11-13,15,24H,4-10H2,1-3H3/b23-17+. The second-order valence-electron chi connectivity index (χ2n) is 7.05. The summed E-state index contributed by atoms with van der Waals surface area (Å²) in [5.41, 5.74) is -3.73. The summed E-state index contributed by atoms with van der Waals surface area (Å²) in [5.74, 6) is 0. The summed E-state index contributed by atoms with van der Waals surface area (Å²) in [6, 6.07) is 4.91. The minimum atomic E-state index is -5.50. The van der Waals surface area contributed by atoms with Crippen molar-refractivity contribution in [1.82, 2.24) is 5.01 Å². The molecule has 5 nitrogen and oxygen atoms in total. The number of nitrogens with zero attached hydrogens (tertiary/aromatic N) is 2. The smallest absolute Gasteiger partial charge is 0.294 e. The van der Waals surface area contributed by atoms with Gasteiger partial charge in [-0.1, -0.05) is 37.8 Å². The number of nitrogens with one attached hydrogen (secondary N) is 1. The molecule has 0 radical (unpaired) electrons. The predicted octanol–water partition coefficient (Wildman–Crippen LogP) is 5.03. The first kappa shape index (κ1) is 22.5. The van der Waals surface area contributed by atoms with Crippen LogP contribution in [-0.4, -0.2) is 37.2 Å². The van der Waals surface area contributed by atoms with Crippen LogP contribution in [0.15, 0.2) is 23.3 Å². The van der Waals surface area contributed by atoms with Crippen molar-refractivity contribution in [3.05, 3.63) is 29.3 Å². The Morgan fingerprint density at radius 1 is 1.21 bits per heavy atom. The first-order chi connectivity index (χ1) is 13.1. The molecule has 1 aromatic carbocycles. The van der Waals surface area contributed by atoms with Gasteiger partial charge in [0.1, 0.15) is 0 Å². The molecule has 0 amide bonds. The van der Waals surface area contributed by atoms with Gasteiger partial charge < -0.3 is 0 Å². The highest BCUT2D eigenvalue weighted by Crippen LogP contribution is 2.29. The summed E-state index contributed by atoms with van der Waals surface area (Å²) >= 11 is 0. The molecule has 0 spiro atoms. The van der Waals surface area contributed by atoms with E-state index in [-0.39, 0.29) is 5.69 Å². The van der Waals surface area contributed by atoms with Gasteiger partial charge in [0.25, 0.3) is 0 Å². The van der Waals surface area contributed by atoms with Crippen LogP contribution in [0.4, 0.5) is 18.9 Å². The van der Waals surface area contributed by atoms with Gasteiger partial charge in [-0.05, 0) is 45.2 Å². The van der Waals surface area contributed by atoms with Crippen molar-refractivity contribution in [3.63, 3.8) is 0 Å². The molecule has 28 heavy (non-hydrogen) atoms. The summed E-state index contributed by atoms with van der Waals surface area (Å²) in [7, 11) is -5.50. The van der Waals surface area contributed by atoms with Gasteiger partial charge in [0.05, 0.1) is 11.4 Å². The predicted molar refractivity (Wildman–Crippen MR) is 106 cm³/mol. The zero-order valence-corrected chi connectivity index (χ0v) is 17.3. The Morgan fingerprint density at radius 2 is 1.86 bits per heavy atom. The maximum Gasteiger partial charge on any atom is 0.516 e. The maximum atomic E-state index is 12.8. The molecule has 158 valence electrons. The Labute approximate surface area is 165 Å². The zero-order valence-electron chi connectivity index (χ0n) is 16.5. The average Bonchev–Trinajstić information content (AvgIpc) is 2.64. The van der Waals surface area contributed by atoms with Gasteiger partial charge in [-0.3, -0.25) is 9.73 Å². The van der Waals surface area contributed by atoms with E-state index in [4.69, 9.17) is 5.10 Å². The van der Waals surface area contributed by atoms with Crippen molar-refractivity contribution in [2.45, 2.75) is 70.8 Å². The van der Waals surface area contributed by atoms with E-state index in [2.05, 4.69) is 0 Å². The summed E-state index contributed by atoms with van der Waals surface area (Å²) in [5, 5.41) is 6.72. The molecule has 1 fully saturated rings. The van der Waals surface area contributed by atoms with Crippen molar-refractivity contribution >= 4 is 21.4 Å². The van der Waals surface area contributed by atoms with Crippen LogP contribution in [0.25, 0.3) is 0 Å². The van der Waals surface area contributed by atoms with Crippen molar-refractivity contribution in [2.24, 2.45) is 5.10 Å². The number of hydrogen-bond donors (Lipinski definition) is 1. The highest BCUT2D eigenvalue weighted by atomic mass is 32.2. The van der Waals surface area contributed by atoms with E-state index in [1.165, 1.54) is 12.5 Å². The fraction of sp³-hybridized carbons (Fsp3) is 0.632. The molecular weight excluding hydrogens is 391 g/mol. The number of halogens is 3. The fourth-order valence-electron chi connectivity index (χ4n) is 3.45. The average molecular weight is 420 g/mol. The van der Waals surface area contributed by atoms with E-state index in [0.29, 0.717) is 30.3 Å². The molecule has 1 aromatic rings. The van der Waals surface area contributed by atoms with Crippen LogP contribution in [0.2, 0.25) is 0 Å². The number of sulfonamides is 1. The summed E-state index contributed by atoms with van der Waals surface area (Å²) in [6.45, 7) is 6.34. The molecule has 1 saturated carbocycles. The number of rotatable bonds is 7. The lowest BCUT2D eigenvalue weighted by Crippen LogP contribution is -2.34. The number of aryl methyl sites for hydroxylation is 1. The van der Waals surface area contributed by atoms with E-state index in [9.17, 15) is 21.6 Å². The Balaban J connectivity index is 2.43. The highest BCUT2D eigenvalue weighted by Gasteiger charge is 2.46. The second-order valence-corrected chi connectivity index (χ2v) is 8.72. The number of benzene rings is 1. The largest absolute Gasteiger partial charge is 0.516 e. The number of anilines is 1. The highest BCUT2D eigenvalue weighted by molar-refractivity contribution is 7.93. The van der Waals surface area contributed by atoms with Gasteiger partial charge in [-0.25, -0.2) is 0 Å². The van der Waals surface area contributed by atoms with E-state index in [1.54, 1.807) is 23.8 Å². The normalized spacial score (nSPS) is 16.9. The topological polar surface area (TPSA) is 61.8 Å². The lowest BCUT2D eigenvalue weighted by atomic mass is 9.95. The SMILES string of the molecule is CC/C(=N\N(CC)C1CCCCC1)c1cc(C)ccc1NS(=O)(=O)C(F)(F)F. The number of hydrogen-bond acceptors (Lipinski definition) is 4. The van der Waals surface area contributed by atoms with Crippen molar-refractivity contribution in [3.8, 4) is 0 Å². The first-order valence-electron chi connectivity index (χ1n) is 9.63. The monoisotopic (exact) mass is 419 g/mol. The summed E-state index contributed by atoms with van der Waals surface area (Å²) in [4.78, 5) is 0. The maximum absolute atomic E-state index is 12.8. The molecule has 0 heterocycles. The van der Waals surface area contributed by atoms with Crippen LogP contribution in [0.1, 0.15) is 63.5 Å². The summed E-state index contributed by atoms with van der Waals surface area (Å²) in [6.07, 6.45) is 6.02. The van der Waals surface area contributed by atoms with Gasteiger partial charge in [0, 0.05) is 18.2 Å². The molecule has 0 aliphatic heterocycles. The first-order valence-corrected chi connectivity index (χ1v) is 11.1. The number of alkyl halides is 3.